The molecule has 0 fully saturated rings. The lowest BCUT2D eigenvalue weighted by molar-refractivity contribution is 0.255. The highest BCUT2D eigenvalue weighted by atomic mass is 16.3. The molecular formula is C17H14N4O2. The number of nitrogens with two attached hydrogens (primary N) is 1. The predicted octanol–water partition coefficient (Wildman–Crippen LogP) is 3.90. The maximum atomic E-state index is 10.9. The van der Waals surface area contributed by atoms with Gasteiger partial charge in [0.25, 0.3) is 0 Å². The molecule has 0 aliphatic rings. The number of hydrogen-bond acceptors (Lipinski definition) is 3. The van der Waals surface area contributed by atoms with E-state index < -0.39 is 6.03 Å². The molecular weight excluding hydrogens is 292 g/mol. The van der Waals surface area contributed by atoms with Crippen molar-refractivity contribution in [2.24, 2.45) is 16.0 Å². The number of fused-ring (bicyclic) bond motifs is 1. The van der Waals surface area contributed by atoms with Crippen LogP contribution in [0.5, 0.6) is 5.88 Å². The largest absolute Gasteiger partial charge is 0.494 e. The Hall–Kier alpha value is -3.41. The van der Waals surface area contributed by atoms with E-state index in [0.717, 1.165) is 16.5 Å². The average molecular weight is 306 g/mol. The van der Waals surface area contributed by atoms with Crippen LogP contribution in [0.15, 0.2) is 64.8 Å². The number of carbonyl (C=O) groups is 1. The second-order valence-corrected chi connectivity index (χ2v) is 4.87. The van der Waals surface area contributed by atoms with Crippen LogP contribution < -0.4 is 5.73 Å². The Balaban J connectivity index is 2.17. The number of hydrogen-bond donors (Lipinski definition) is 3. The van der Waals surface area contributed by atoms with Gasteiger partial charge >= 0.3 is 6.03 Å². The van der Waals surface area contributed by atoms with E-state index in [1.54, 1.807) is 6.08 Å². The number of aromatic hydroxyl groups is 1. The Kier molecular flexibility index (Phi) is 3.88. The molecule has 2 aromatic carbocycles. The van der Waals surface area contributed by atoms with Crippen LogP contribution >= 0.6 is 0 Å². The molecule has 0 bridgehead atoms. The summed E-state index contributed by atoms with van der Waals surface area (Å²) in [5, 5.41) is 18.3. The Bertz CT molecular complexity index is 911. The van der Waals surface area contributed by atoms with E-state index in [-0.39, 0.29) is 5.88 Å². The molecule has 6 heteroatoms. The number of rotatable bonds is 3. The van der Waals surface area contributed by atoms with Crippen molar-refractivity contribution in [2.75, 3.05) is 0 Å². The Morgan fingerprint density at radius 2 is 1.74 bits per heavy atom. The fraction of sp³-hybridized carbons (Fsp3) is 0. The van der Waals surface area contributed by atoms with E-state index in [9.17, 15) is 9.90 Å². The first kappa shape index (κ1) is 14.5. The van der Waals surface area contributed by atoms with E-state index >= 15 is 0 Å². The van der Waals surface area contributed by atoms with Crippen LogP contribution in [-0.2, 0) is 0 Å². The van der Waals surface area contributed by atoms with Gasteiger partial charge in [0.05, 0.1) is 5.70 Å². The number of aromatic amines is 1. The molecule has 3 rings (SSSR count). The van der Waals surface area contributed by atoms with E-state index in [4.69, 9.17) is 5.73 Å². The number of benzene rings is 2. The minimum atomic E-state index is -0.880. The number of H-pyrrole nitrogens is 1. The highest BCUT2D eigenvalue weighted by molar-refractivity contribution is 5.96. The minimum Gasteiger partial charge on any atom is -0.494 e. The normalized spacial score (nSPS) is 12.1. The molecule has 0 radical (unpaired) electrons. The number of para-hydroxylation sites is 1. The first-order valence-corrected chi connectivity index (χ1v) is 6.93. The third-order valence-corrected chi connectivity index (χ3v) is 3.33. The summed E-state index contributed by atoms with van der Waals surface area (Å²) in [5.74, 6) is 0.0221. The maximum absolute atomic E-state index is 10.9. The van der Waals surface area contributed by atoms with E-state index in [2.05, 4.69) is 15.2 Å². The predicted molar refractivity (Wildman–Crippen MR) is 88.7 cm³/mol. The molecule has 4 N–H and O–H groups in total. The zero-order valence-corrected chi connectivity index (χ0v) is 12.1. The van der Waals surface area contributed by atoms with Crippen LogP contribution in [0.3, 0.4) is 0 Å². The lowest BCUT2D eigenvalue weighted by Crippen LogP contribution is -2.02. The summed E-state index contributed by atoms with van der Waals surface area (Å²) in [6.45, 7) is 0. The second-order valence-electron chi connectivity index (χ2n) is 4.87. The molecule has 3 aromatic rings. The zero-order valence-electron chi connectivity index (χ0n) is 12.1. The van der Waals surface area contributed by atoms with Crippen molar-refractivity contribution in [3.05, 3.63) is 65.7 Å². The molecule has 0 spiro atoms. The molecule has 1 aromatic heterocycles. The molecule has 114 valence electrons. The quantitative estimate of drug-likeness (QED) is 0.639. The van der Waals surface area contributed by atoms with E-state index in [1.807, 2.05) is 54.6 Å². The van der Waals surface area contributed by atoms with Gasteiger partial charge < -0.3 is 15.8 Å². The van der Waals surface area contributed by atoms with Crippen molar-refractivity contribution in [3.8, 4) is 5.88 Å². The van der Waals surface area contributed by atoms with Gasteiger partial charge in [-0.2, -0.15) is 0 Å². The van der Waals surface area contributed by atoms with Crippen molar-refractivity contribution in [1.82, 2.24) is 4.98 Å². The molecule has 6 nitrogen and oxygen atoms in total. The fourth-order valence-corrected chi connectivity index (χ4v) is 2.31. The number of nitrogens with zero attached hydrogens (tertiary/aromatic N) is 2. The number of amides is 2. The SMILES string of the molecule is NC(=O)N=N/C(=C/c1c(O)[nH]c2ccccc12)c1ccccc1. The summed E-state index contributed by atoms with van der Waals surface area (Å²) in [6.07, 6.45) is 1.66. The topological polar surface area (TPSA) is 104 Å². The smallest absolute Gasteiger partial charge is 0.356 e. The number of primary amides is 1. The van der Waals surface area contributed by atoms with Gasteiger partial charge in [-0.1, -0.05) is 53.6 Å². The Morgan fingerprint density at radius 1 is 1.04 bits per heavy atom. The molecule has 0 saturated heterocycles. The lowest BCUT2D eigenvalue weighted by Gasteiger charge is -2.01. The van der Waals surface area contributed by atoms with Crippen molar-refractivity contribution in [3.63, 3.8) is 0 Å². The van der Waals surface area contributed by atoms with Crippen molar-refractivity contribution < 1.29 is 9.90 Å². The second kappa shape index (κ2) is 6.15. The summed E-state index contributed by atoms with van der Waals surface area (Å²) in [5.41, 5.74) is 7.58. The molecule has 2 amide bonds. The fourth-order valence-electron chi connectivity index (χ4n) is 2.31. The van der Waals surface area contributed by atoms with Gasteiger partial charge in [0.1, 0.15) is 0 Å². The number of urea groups is 1. The van der Waals surface area contributed by atoms with Gasteiger partial charge in [0, 0.05) is 22.0 Å². The monoisotopic (exact) mass is 306 g/mol. The average Bonchev–Trinajstić information content (AvgIpc) is 2.87. The van der Waals surface area contributed by atoms with Crippen LogP contribution in [0.1, 0.15) is 11.1 Å². The van der Waals surface area contributed by atoms with Crippen LogP contribution in [0, 0.1) is 0 Å². The van der Waals surface area contributed by atoms with Crippen molar-refractivity contribution in [1.29, 1.82) is 0 Å². The summed E-state index contributed by atoms with van der Waals surface area (Å²) in [4.78, 5) is 13.8. The van der Waals surface area contributed by atoms with Crippen molar-refractivity contribution >= 4 is 28.7 Å². The highest BCUT2D eigenvalue weighted by Gasteiger charge is 2.10. The summed E-state index contributed by atoms with van der Waals surface area (Å²) in [7, 11) is 0. The number of azo groups is 1. The molecule has 23 heavy (non-hydrogen) atoms. The molecule has 0 aliphatic carbocycles. The summed E-state index contributed by atoms with van der Waals surface area (Å²) >= 11 is 0. The van der Waals surface area contributed by atoms with Crippen LogP contribution in [0.25, 0.3) is 22.7 Å². The molecule has 0 atom stereocenters. The number of nitrogens with one attached hydrogen (secondary N) is 1. The highest BCUT2D eigenvalue weighted by Crippen LogP contribution is 2.31. The lowest BCUT2D eigenvalue weighted by atomic mass is 10.1. The van der Waals surface area contributed by atoms with Gasteiger partial charge in [0.15, 0.2) is 5.88 Å². The van der Waals surface area contributed by atoms with E-state index in [1.165, 1.54) is 0 Å². The summed E-state index contributed by atoms with van der Waals surface area (Å²) < 4.78 is 0. The van der Waals surface area contributed by atoms with Gasteiger partial charge in [0.2, 0.25) is 0 Å². The minimum absolute atomic E-state index is 0.0221. The van der Waals surface area contributed by atoms with Gasteiger partial charge in [-0.05, 0) is 12.1 Å². The third-order valence-electron chi connectivity index (χ3n) is 3.33. The molecule has 0 unspecified atom stereocenters. The van der Waals surface area contributed by atoms with Gasteiger partial charge in [-0.3, -0.25) is 0 Å². The maximum Gasteiger partial charge on any atom is 0.356 e. The zero-order chi connectivity index (χ0) is 16.2. The van der Waals surface area contributed by atoms with Gasteiger partial charge in [-0.25, -0.2) is 4.79 Å². The standard InChI is InChI=1S/C17H14N4O2/c18-17(23)21-20-15(11-6-2-1-3-7-11)10-13-12-8-4-5-9-14(12)19-16(13)22/h1-10,19,22H,(H2,18,23)/b15-10+,21-20?. The molecule has 0 saturated carbocycles. The first-order valence-electron chi connectivity index (χ1n) is 6.93. The Morgan fingerprint density at radius 3 is 2.48 bits per heavy atom. The number of carbonyl (C=O) groups excluding carboxylic acids is 1. The van der Waals surface area contributed by atoms with Crippen LogP contribution in [0.4, 0.5) is 4.79 Å². The molecule has 1 heterocycles. The van der Waals surface area contributed by atoms with Crippen molar-refractivity contribution in [2.45, 2.75) is 0 Å². The summed E-state index contributed by atoms with van der Waals surface area (Å²) in [6, 6.07) is 15.8. The van der Waals surface area contributed by atoms with Gasteiger partial charge in [-0.15, -0.1) is 5.11 Å². The number of aromatic nitrogens is 1. The third kappa shape index (κ3) is 3.11. The van der Waals surface area contributed by atoms with E-state index in [0.29, 0.717) is 11.3 Å². The van der Waals surface area contributed by atoms with Crippen LogP contribution in [0.2, 0.25) is 0 Å². The Labute approximate surface area is 132 Å². The first-order chi connectivity index (χ1) is 11.1. The molecule has 0 aliphatic heterocycles. The van der Waals surface area contributed by atoms with Crippen LogP contribution in [-0.4, -0.2) is 16.1 Å².